The Balaban J connectivity index is 1.96. The van der Waals surface area contributed by atoms with Crippen LogP contribution in [0.5, 0.6) is 0 Å². The van der Waals surface area contributed by atoms with Crippen molar-refractivity contribution in [1.29, 1.82) is 0 Å². The molecule has 2 heterocycles. The van der Waals surface area contributed by atoms with Gasteiger partial charge >= 0.3 is 0 Å². The van der Waals surface area contributed by atoms with Gasteiger partial charge in [-0.1, -0.05) is 34.1 Å². The minimum absolute atomic E-state index is 0.604. The molecule has 18 heavy (non-hydrogen) atoms. The maximum Gasteiger partial charge on any atom is 0.246 e. The predicted molar refractivity (Wildman–Crippen MR) is 72.4 cm³/mol. The quantitative estimate of drug-likeness (QED) is 0.745. The molecular weight excluding hydrogens is 294 g/mol. The maximum atomic E-state index is 5.21. The van der Waals surface area contributed by atoms with Crippen molar-refractivity contribution in [2.75, 3.05) is 0 Å². The summed E-state index contributed by atoms with van der Waals surface area (Å²) >= 11 is 3.49. The van der Waals surface area contributed by atoms with E-state index in [0.717, 1.165) is 22.2 Å². The Kier molecular flexibility index (Phi) is 2.91. The first-order valence-electron chi connectivity index (χ1n) is 5.82. The van der Waals surface area contributed by atoms with E-state index in [4.69, 9.17) is 4.52 Å². The molecule has 0 saturated heterocycles. The predicted octanol–water partition coefficient (Wildman–Crippen LogP) is 3.40. The van der Waals surface area contributed by atoms with Gasteiger partial charge in [0.2, 0.25) is 5.89 Å². The van der Waals surface area contributed by atoms with E-state index in [1.54, 1.807) is 0 Å². The Morgan fingerprint density at radius 1 is 1.33 bits per heavy atom. The Hall–Kier alpha value is -1.62. The van der Waals surface area contributed by atoms with Gasteiger partial charge < -0.3 is 9.09 Å². The molecule has 92 valence electrons. The van der Waals surface area contributed by atoms with Crippen molar-refractivity contribution >= 4 is 26.8 Å². The molecule has 0 bridgehead atoms. The van der Waals surface area contributed by atoms with Gasteiger partial charge in [-0.25, -0.2) is 0 Å². The van der Waals surface area contributed by atoms with E-state index >= 15 is 0 Å². The van der Waals surface area contributed by atoms with Crippen LogP contribution in [0.4, 0.5) is 0 Å². The number of fused-ring (bicyclic) bond motifs is 1. The van der Waals surface area contributed by atoms with Crippen LogP contribution < -0.4 is 0 Å². The van der Waals surface area contributed by atoms with E-state index < -0.39 is 0 Å². The maximum absolute atomic E-state index is 5.21. The normalized spacial score (nSPS) is 11.2. The van der Waals surface area contributed by atoms with E-state index in [1.165, 1.54) is 5.39 Å². The van der Waals surface area contributed by atoms with Gasteiger partial charge in [-0.15, -0.1) is 0 Å². The number of hydrogen-bond donors (Lipinski definition) is 0. The lowest BCUT2D eigenvalue weighted by molar-refractivity contribution is 0.368. The average Bonchev–Trinajstić information content (AvgIpc) is 2.97. The van der Waals surface area contributed by atoms with Crippen molar-refractivity contribution in [3.05, 3.63) is 46.7 Å². The highest BCUT2D eigenvalue weighted by Gasteiger charge is 2.07. The number of halogens is 1. The van der Waals surface area contributed by atoms with Crippen molar-refractivity contribution in [2.24, 2.45) is 0 Å². The fourth-order valence-electron chi connectivity index (χ4n) is 1.94. The molecule has 0 spiro atoms. The smallest absolute Gasteiger partial charge is 0.246 e. The van der Waals surface area contributed by atoms with E-state index in [2.05, 4.69) is 48.8 Å². The van der Waals surface area contributed by atoms with Gasteiger partial charge in [0.15, 0.2) is 5.82 Å². The van der Waals surface area contributed by atoms with Crippen LogP contribution in [0.1, 0.15) is 18.6 Å². The van der Waals surface area contributed by atoms with E-state index in [0.29, 0.717) is 12.4 Å². The Morgan fingerprint density at radius 3 is 3.00 bits per heavy atom. The molecule has 0 fully saturated rings. The van der Waals surface area contributed by atoms with Crippen molar-refractivity contribution in [3.8, 4) is 0 Å². The standard InChI is InChI=1S/C13H12BrN3O/c1-2-12-15-13(18-16-12)8-17-6-5-9-3-4-10(14)7-11(9)17/h3-7H,2,8H2,1H3. The molecule has 3 aromatic rings. The molecule has 0 unspecified atom stereocenters. The number of nitrogens with zero attached hydrogens (tertiary/aromatic N) is 3. The summed E-state index contributed by atoms with van der Waals surface area (Å²) in [5.41, 5.74) is 1.15. The molecule has 4 nitrogen and oxygen atoms in total. The molecule has 0 aliphatic carbocycles. The Bertz CT molecular complexity index is 686. The highest BCUT2D eigenvalue weighted by Crippen LogP contribution is 2.21. The molecule has 5 heteroatoms. The van der Waals surface area contributed by atoms with E-state index in [9.17, 15) is 0 Å². The van der Waals surface area contributed by atoms with Gasteiger partial charge in [-0.05, 0) is 23.6 Å². The fourth-order valence-corrected chi connectivity index (χ4v) is 2.29. The molecule has 0 aliphatic heterocycles. The first-order chi connectivity index (χ1) is 8.76. The highest BCUT2D eigenvalue weighted by atomic mass is 79.9. The lowest BCUT2D eigenvalue weighted by Gasteiger charge is -2.01. The van der Waals surface area contributed by atoms with Gasteiger partial charge in [-0.2, -0.15) is 4.98 Å². The van der Waals surface area contributed by atoms with E-state index in [-0.39, 0.29) is 0 Å². The van der Waals surface area contributed by atoms with Crippen molar-refractivity contribution in [3.63, 3.8) is 0 Å². The monoisotopic (exact) mass is 305 g/mol. The molecule has 1 aromatic carbocycles. The molecule has 0 aliphatic rings. The number of benzene rings is 1. The fraction of sp³-hybridized carbons (Fsp3) is 0.231. The van der Waals surface area contributed by atoms with Gasteiger partial charge in [0.05, 0.1) is 0 Å². The molecule has 0 amide bonds. The van der Waals surface area contributed by atoms with Crippen LogP contribution in [0.2, 0.25) is 0 Å². The Labute approximate surface area is 113 Å². The highest BCUT2D eigenvalue weighted by molar-refractivity contribution is 9.10. The van der Waals surface area contributed by atoms with Crippen LogP contribution in [-0.4, -0.2) is 14.7 Å². The summed E-state index contributed by atoms with van der Waals surface area (Å²) in [6.45, 7) is 2.61. The van der Waals surface area contributed by atoms with Crippen LogP contribution in [-0.2, 0) is 13.0 Å². The van der Waals surface area contributed by atoms with Crippen LogP contribution in [0.3, 0.4) is 0 Å². The molecule has 2 aromatic heterocycles. The zero-order valence-corrected chi connectivity index (χ0v) is 11.5. The largest absolute Gasteiger partial charge is 0.338 e. The van der Waals surface area contributed by atoms with Gasteiger partial charge in [0.25, 0.3) is 0 Å². The summed E-state index contributed by atoms with van der Waals surface area (Å²) in [7, 11) is 0. The third-order valence-electron chi connectivity index (χ3n) is 2.87. The SMILES string of the molecule is CCc1noc(Cn2ccc3ccc(Br)cc32)n1. The van der Waals surface area contributed by atoms with E-state index in [1.807, 2.05) is 19.2 Å². The van der Waals surface area contributed by atoms with Gasteiger partial charge in [0, 0.05) is 22.6 Å². The molecule has 0 atom stereocenters. The third-order valence-corrected chi connectivity index (χ3v) is 3.36. The second-order valence-corrected chi connectivity index (χ2v) is 5.02. The summed E-state index contributed by atoms with van der Waals surface area (Å²) in [6.07, 6.45) is 2.83. The van der Waals surface area contributed by atoms with Gasteiger partial charge in [-0.3, -0.25) is 0 Å². The zero-order valence-electron chi connectivity index (χ0n) is 9.93. The lowest BCUT2D eigenvalue weighted by Crippen LogP contribution is -1.98. The average molecular weight is 306 g/mol. The number of aromatic nitrogens is 3. The summed E-state index contributed by atoms with van der Waals surface area (Å²) in [6, 6.07) is 8.29. The summed E-state index contributed by atoms with van der Waals surface area (Å²) < 4.78 is 8.38. The van der Waals surface area contributed by atoms with Crippen molar-refractivity contribution < 1.29 is 4.52 Å². The van der Waals surface area contributed by atoms with Crippen LogP contribution in [0, 0.1) is 0 Å². The summed E-state index contributed by atoms with van der Waals surface area (Å²) in [5, 5.41) is 5.11. The lowest BCUT2D eigenvalue weighted by atomic mass is 10.2. The molecular formula is C13H12BrN3O. The van der Waals surface area contributed by atoms with Crippen LogP contribution in [0.15, 0.2) is 39.5 Å². The number of aryl methyl sites for hydroxylation is 1. The second-order valence-electron chi connectivity index (χ2n) is 4.10. The minimum Gasteiger partial charge on any atom is -0.338 e. The Morgan fingerprint density at radius 2 is 2.22 bits per heavy atom. The number of rotatable bonds is 3. The van der Waals surface area contributed by atoms with Crippen molar-refractivity contribution in [1.82, 2.24) is 14.7 Å². The van der Waals surface area contributed by atoms with Crippen LogP contribution in [0.25, 0.3) is 10.9 Å². The van der Waals surface area contributed by atoms with Gasteiger partial charge in [0.1, 0.15) is 6.54 Å². The molecule has 3 rings (SSSR count). The zero-order chi connectivity index (χ0) is 12.5. The minimum atomic E-state index is 0.604. The van der Waals surface area contributed by atoms with Crippen molar-refractivity contribution in [2.45, 2.75) is 19.9 Å². The summed E-state index contributed by atoms with van der Waals surface area (Å²) in [4.78, 5) is 4.32. The third kappa shape index (κ3) is 2.06. The molecule has 0 radical (unpaired) electrons. The number of hydrogen-bond acceptors (Lipinski definition) is 3. The van der Waals surface area contributed by atoms with Crippen LogP contribution >= 0.6 is 15.9 Å². The molecule has 0 N–H and O–H groups in total. The first kappa shape index (κ1) is 11.5. The first-order valence-corrected chi connectivity index (χ1v) is 6.61. The molecule has 0 saturated carbocycles. The second kappa shape index (κ2) is 4.57. The topological polar surface area (TPSA) is 43.9 Å². The summed E-state index contributed by atoms with van der Waals surface area (Å²) in [5.74, 6) is 1.40.